The Bertz CT molecular complexity index is 1230. The molecule has 2 atom stereocenters. The van der Waals surface area contributed by atoms with E-state index < -0.39 is 22.8 Å². The van der Waals surface area contributed by atoms with Crippen molar-refractivity contribution in [2.45, 2.75) is 83.6 Å². The number of rotatable bonds is 12. The van der Waals surface area contributed by atoms with Crippen molar-refractivity contribution in [3.05, 3.63) is 51.2 Å². The van der Waals surface area contributed by atoms with E-state index in [9.17, 15) is 18.9 Å². The highest BCUT2D eigenvalue weighted by Crippen LogP contribution is 2.24. The first-order valence-corrected chi connectivity index (χ1v) is 14.8. The Hall–Kier alpha value is -2.47. The van der Waals surface area contributed by atoms with Crippen LogP contribution in [0.15, 0.2) is 44.8 Å². The van der Waals surface area contributed by atoms with Gasteiger partial charge in [-0.15, -0.1) is 0 Å². The SMILES string of the molecule is CCCOS(=O)c1ccc(OC(C)(C)C(O)CN2CCN(c3cc(=O)n(C(C)C)c(=O)n3C(C)C)CC2)cc1. The van der Waals surface area contributed by atoms with E-state index in [-0.39, 0.29) is 23.3 Å². The smallest absolute Gasteiger partial charge is 0.333 e. The molecule has 1 aromatic heterocycles. The van der Waals surface area contributed by atoms with Crippen LogP contribution in [-0.2, 0) is 15.3 Å². The predicted molar refractivity (Wildman–Crippen MR) is 154 cm³/mol. The van der Waals surface area contributed by atoms with Crippen molar-refractivity contribution in [1.29, 1.82) is 0 Å². The summed E-state index contributed by atoms with van der Waals surface area (Å²) < 4.78 is 26.5. The second-order valence-corrected chi connectivity index (χ2v) is 12.3. The van der Waals surface area contributed by atoms with Crippen LogP contribution in [0.5, 0.6) is 5.75 Å². The number of benzene rings is 1. The summed E-state index contributed by atoms with van der Waals surface area (Å²) >= 11 is -1.51. The van der Waals surface area contributed by atoms with Gasteiger partial charge in [0.25, 0.3) is 5.56 Å². The molecule has 2 aromatic rings. The largest absolute Gasteiger partial charge is 0.485 e. The molecule has 0 radical (unpaired) electrons. The number of nitrogens with zero attached hydrogens (tertiary/aromatic N) is 4. The van der Waals surface area contributed by atoms with Gasteiger partial charge < -0.3 is 14.7 Å². The molecule has 39 heavy (non-hydrogen) atoms. The minimum absolute atomic E-state index is 0.0890. The van der Waals surface area contributed by atoms with E-state index in [1.165, 1.54) is 4.57 Å². The van der Waals surface area contributed by atoms with Crippen molar-refractivity contribution in [3.8, 4) is 5.75 Å². The van der Waals surface area contributed by atoms with Crippen LogP contribution in [0.4, 0.5) is 5.82 Å². The fourth-order valence-corrected chi connectivity index (χ4v) is 5.42. The molecule has 1 aromatic carbocycles. The summed E-state index contributed by atoms with van der Waals surface area (Å²) in [4.78, 5) is 30.7. The van der Waals surface area contributed by atoms with Crippen molar-refractivity contribution in [2.75, 3.05) is 44.2 Å². The number of aliphatic hydroxyl groups excluding tert-OH is 1. The van der Waals surface area contributed by atoms with Crippen LogP contribution >= 0.6 is 0 Å². The third-order valence-corrected chi connectivity index (χ3v) is 7.94. The Morgan fingerprint density at radius 1 is 0.974 bits per heavy atom. The predicted octanol–water partition coefficient (Wildman–Crippen LogP) is 2.96. The standard InChI is InChI=1S/C28H44N4O6S/c1-8-17-37-39(36)23-11-9-22(10-12-23)38-28(6,7)24(33)19-29-13-15-30(16-14-29)25-18-26(34)32(21(4)5)27(35)31(25)20(2)3/h9-12,18,20-21,24,33H,8,13-17,19H2,1-7H3. The molecule has 1 aliphatic rings. The van der Waals surface area contributed by atoms with Gasteiger partial charge in [0.05, 0.1) is 11.5 Å². The Kier molecular flexibility index (Phi) is 10.6. The topological polar surface area (TPSA) is 106 Å². The zero-order valence-corrected chi connectivity index (χ0v) is 25.1. The lowest BCUT2D eigenvalue weighted by Gasteiger charge is -2.40. The van der Waals surface area contributed by atoms with Gasteiger partial charge in [-0.2, -0.15) is 0 Å². The zero-order valence-electron chi connectivity index (χ0n) is 24.3. The van der Waals surface area contributed by atoms with E-state index >= 15 is 0 Å². The summed E-state index contributed by atoms with van der Waals surface area (Å²) in [5.41, 5.74) is -1.44. The molecule has 1 fully saturated rings. The third kappa shape index (κ3) is 7.59. The summed E-state index contributed by atoms with van der Waals surface area (Å²) in [6.07, 6.45) is 0.0215. The van der Waals surface area contributed by atoms with E-state index in [1.54, 1.807) is 34.9 Å². The fraction of sp³-hybridized carbons (Fsp3) is 0.643. The highest BCUT2D eigenvalue weighted by molar-refractivity contribution is 7.80. The Morgan fingerprint density at radius 3 is 2.10 bits per heavy atom. The van der Waals surface area contributed by atoms with Gasteiger partial charge in [-0.25, -0.2) is 9.00 Å². The van der Waals surface area contributed by atoms with Gasteiger partial charge in [0, 0.05) is 50.9 Å². The molecule has 11 heteroatoms. The first-order chi connectivity index (χ1) is 18.4. The molecular formula is C28H44N4O6S. The maximum Gasteiger partial charge on any atom is 0.333 e. The number of ether oxygens (including phenoxy) is 1. The fourth-order valence-electron chi connectivity index (χ4n) is 4.60. The van der Waals surface area contributed by atoms with E-state index in [0.717, 1.165) is 6.42 Å². The summed E-state index contributed by atoms with van der Waals surface area (Å²) in [5.74, 6) is 1.22. The molecule has 1 saturated heterocycles. The molecule has 2 unspecified atom stereocenters. The number of piperazine rings is 1. The summed E-state index contributed by atoms with van der Waals surface area (Å²) in [6.45, 7) is 16.7. The summed E-state index contributed by atoms with van der Waals surface area (Å²) in [7, 11) is 0. The zero-order chi connectivity index (χ0) is 28.9. The number of anilines is 1. The summed E-state index contributed by atoms with van der Waals surface area (Å²) in [5, 5.41) is 11.0. The first-order valence-electron chi connectivity index (χ1n) is 13.7. The molecule has 1 aliphatic heterocycles. The van der Waals surface area contributed by atoms with Crippen LogP contribution in [0, 0.1) is 0 Å². The minimum Gasteiger partial charge on any atom is -0.485 e. The lowest BCUT2D eigenvalue weighted by atomic mass is 10.0. The van der Waals surface area contributed by atoms with Crippen LogP contribution < -0.4 is 20.9 Å². The van der Waals surface area contributed by atoms with Crippen molar-refractivity contribution < 1.29 is 18.2 Å². The maximum absolute atomic E-state index is 13.1. The normalized spacial score (nSPS) is 16.6. The average Bonchev–Trinajstić information content (AvgIpc) is 2.87. The lowest BCUT2D eigenvalue weighted by Crippen LogP contribution is -2.54. The van der Waals surface area contributed by atoms with Gasteiger partial charge >= 0.3 is 5.69 Å². The van der Waals surface area contributed by atoms with Gasteiger partial charge in [0.2, 0.25) is 0 Å². The maximum atomic E-state index is 13.1. The third-order valence-electron chi connectivity index (χ3n) is 6.90. The van der Waals surface area contributed by atoms with Crippen LogP contribution in [0.3, 0.4) is 0 Å². The molecule has 0 aliphatic carbocycles. The highest BCUT2D eigenvalue weighted by atomic mass is 32.2. The van der Waals surface area contributed by atoms with Crippen molar-refractivity contribution in [1.82, 2.24) is 14.0 Å². The summed E-state index contributed by atoms with van der Waals surface area (Å²) in [6, 6.07) is 8.15. The van der Waals surface area contributed by atoms with Gasteiger partial charge in [-0.3, -0.25) is 23.0 Å². The molecule has 0 amide bonds. The van der Waals surface area contributed by atoms with Crippen LogP contribution in [0.25, 0.3) is 0 Å². The number of hydrogen-bond acceptors (Lipinski definition) is 8. The van der Waals surface area contributed by atoms with E-state index in [4.69, 9.17) is 8.92 Å². The molecule has 1 N–H and O–H groups in total. The lowest BCUT2D eigenvalue weighted by molar-refractivity contribution is -0.0450. The van der Waals surface area contributed by atoms with Gasteiger partial charge in [0.15, 0.2) is 11.1 Å². The molecule has 0 saturated carbocycles. The second kappa shape index (κ2) is 13.3. The van der Waals surface area contributed by atoms with Crippen LogP contribution in [0.2, 0.25) is 0 Å². The Morgan fingerprint density at radius 2 is 1.56 bits per heavy atom. The number of hydrogen-bond donors (Lipinski definition) is 1. The Balaban J connectivity index is 1.62. The van der Waals surface area contributed by atoms with Gasteiger partial charge in [-0.1, -0.05) is 6.92 Å². The van der Waals surface area contributed by atoms with Crippen molar-refractivity contribution in [3.63, 3.8) is 0 Å². The quantitative estimate of drug-likeness (QED) is 0.420. The van der Waals surface area contributed by atoms with Gasteiger partial charge in [-0.05, 0) is 72.2 Å². The van der Waals surface area contributed by atoms with Crippen molar-refractivity contribution in [2.24, 2.45) is 0 Å². The van der Waals surface area contributed by atoms with E-state index in [2.05, 4.69) is 9.80 Å². The highest BCUT2D eigenvalue weighted by Gasteiger charge is 2.33. The monoisotopic (exact) mass is 564 g/mol. The van der Waals surface area contributed by atoms with Crippen LogP contribution in [-0.4, -0.2) is 74.4 Å². The second-order valence-electron chi connectivity index (χ2n) is 11.1. The molecule has 0 spiro atoms. The van der Waals surface area contributed by atoms with Crippen LogP contribution in [0.1, 0.15) is 67.0 Å². The number of aromatic nitrogens is 2. The Labute approximate surface area is 233 Å². The van der Waals surface area contributed by atoms with E-state index in [0.29, 0.717) is 55.8 Å². The molecule has 0 bridgehead atoms. The van der Waals surface area contributed by atoms with Gasteiger partial charge in [0.1, 0.15) is 23.3 Å². The minimum atomic E-state index is -1.51. The van der Waals surface area contributed by atoms with E-state index in [1.807, 2.05) is 48.5 Å². The number of aliphatic hydroxyl groups is 1. The average molecular weight is 565 g/mol. The molecule has 218 valence electrons. The molecule has 2 heterocycles. The first kappa shape index (κ1) is 31.1. The molecular weight excluding hydrogens is 520 g/mol. The number of β-amino-alcohol motifs (C(OH)–C–C–N with tert-alkyl or cyclic N) is 1. The van der Waals surface area contributed by atoms with Crippen molar-refractivity contribution >= 4 is 16.9 Å². The molecule has 10 nitrogen and oxygen atoms in total. The molecule has 3 rings (SSSR count).